The molecular weight excluding hydrogens is 407 g/mol. The summed E-state index contributed by atoms with van der Waals surface area (Å²) in [5.74, 6) is 0. The zero-order valence-corrected chi connectivity index (χ0v) is 17.5. The third-order valence-corrected chi connectivity index (χ3v) is 5.25. The molecule has 2 aromatic rings. The van der Waals surface area contributed by atoms with Crippen LogP contribution in [0.2, 0.25) is 0 Å². The Morgan fingerprint density at radius 2 is 2.14 bits per heavy atom. The zero-order valence-electron chi connectivity index (χ0n) is 15.8. The van der Waals surface area contributed by atoms with Gasteiger partial charge in [0.15, 0.2) is 23.9 Å². The smallest absolute Gasteiger partial charge is 0.281 e. The number of aromatic nitrogens is 4. The molecule has 0 aliphatic carbocycles. The highest BCUT2D eigenvalue weighted by Crippen LogP contribution is 2.45. The van der Waals surface area contributed by atoms with E-state index in [1.165, 1.54) is 38.1 Å². The fourth-order valence-corrected chi connectivity index (χ4v) is 4.24. The minimum Gasteiger partial charge on any atom is -0.382 e. The predicted molar refractivity (Wildman–Crippen MR) is 106 cm³/mol. The normalized spacial score (nSPS) is 27.1. The molecule has 1 fully saturated rings. The number of rotatable bonds is 8. The molecule has 3 heterocycles. The number of imidazole rings is 1. The Balaban J connectivity index is 2.02. The van der Waals surface area contributed by atoms with E-state index in [2.05, 4.69) is 16.5 Å². The van der Waals surface area contributed by atoms with Crippen LogP contribution in [0.25, 0.3) is 11.2 Å². The Kier molecular flexibility index (Phi) is 6.45. The maximum Gasteiger partial charge on any atom is 0.281 e. The van der Waals surface area contributed by atoms with Crippen LogP contribution in [0.4, 0.5) is 0 Å². The first-order chi connectivity index (χ1) is 13.3. The molecule has 0 bridgehead atoms. The molecule has 0 amide bonds. The van der Waals surface area contributed by atoms with Gasteiger partial charge < -0.3 is 23.6 Å². The Morgan fingerprint density at radius 1 is 1.39 bits per heavy atom. The van der Waals surface area contributed by atoms with Gasteiger partial charge in [0.1, 0.15) is 24.6 Å². The summed E-state index contributed by atoms with van der Waals surface area (Å²) in [5, 5.41) is 0. The zero-order chi connectivity index (χ0) is 20.5. The standard InChI is InChI=1S/C16H23N4O6PS/c1-5-6-19-8-18-14-11(15(19)21)17-9-20(14)16-13(24-3)12(26-27(4,22)28)10(25-16)7-23-2/h5,8-10,12-13,16H,1,6-7H2,2-4H3,(H,22,28)/t10-,12-,13-,16-,27?/m1/s1. The van der Waals surface area contributed by atoms with Crippen molar-refractivity contribution in [3.8, 4) is 0 Å². The van der Waals surface area contributed by atoms with E-state index in [-0.39, 0.29) is 17.7 Å². The highest BCUT2D eigenvalue weighted by atomic mass is 32.5. The highest BCUT2D eigenvalue weighted by molar-refractivity contribution is 8.09. The maximum absolute atomic E-state index is 12.6. The maximum atomic E-state index is 12.6. The Hall–Kier alpha value is -1.46. The van der Waals surface area contributed by atoms with Crippen LogP contribution >= 0.6 is 6.49 Å². The van der Waals surface area contributed by atoms with Crippen LogP contribution in [0.1, 0.15) is 6.23 Å². The Morgan fingerprint density at radius 3 is 2.75 bits per heavy atom. The van der Waals surface area contributed by atoms with E-state index < -0.39 is 31.0 Å². The van der Waals surface area contributed by atoms with Gasteiger partial charge in [0.05, 0.1) is 12.9 Å². The van der Waals surface area contributed by atoms with Gasteiger partial charge in [-0.2, -0.15) is 0 Å². The van der Waals surface area contributed by atoms with Gasteiger partial charge in [0.2, 0.25) is 0 Å². The lowest BCUT2D eigenvalue weighted by Gasteiger charge is -2.25. The molecule has 0 spiro atoms. The van der Waals surface area contributed by atoms with Crippen LogP contribution in [-0.2, 0) is 37.1 Å². The van der Waals surface area contributed by atoms with Gasteiger partial charge in [0, 0.05) is 27.4 Å². The number of methoxy groups -OCH3 is 2. The molecule has 0 saturated carbocycles. The molecule has 1 saturated heterocycles. The van der Waals surface area contributed by atoms with Crippen LogP contribution in [0.5, 0.6) is 0 Å². The van der Waals surface area contributed by atoms with Gasteiger partial charge in [-0.05, 0) is 11.8 Å². The molecule has 0 radical (unpaired) electrons. The minimum absolute atomic E-state index is 0.207. The van der Waals surface area contributed by atoms with Crippen LogP contribution in [0, 0.1) is 0 Å². The summed E-state index contributed by atoms with van der Waals surface area (Å²) in [6.45, 7) is 2.65. The third-order valence-electron chi connectivity index (χ3n) is 4.36. The van der Waals surface area contributed by atoms with E-state index in [4.69, 9.17) is 30.5 Å². The van der Waals surface area contributed by atoms with Crippen molar-refractivity contribution in [3.63, 3.8) is 0 Å². The second-order valence-corrected chi connectivity index (χ2v) is 10.3. The van der Waals surface area contributed by atoms with Gasteiger partial charge in [-0.15, -0.1) is 6.58 Å². The van der Waals surface area contributed by atoms with Gasteiger partial charge in [-0.25, -0.2) is 9.97 Å². The number of hydrogen-bond donors (Lipinski definition) is 1. The first-order valence-corrected chi connectivity index (χ1v) is 11.6. The van der Waals surface area contributed by atoms with E-state index in [1.807, 2.05) is 0 Å². The molecule has 1 N–H and O–H groups in total. The van der Waals surface area contributed by atoms with Gasteiger partial charge in [-0.3, -0.25) is 13.9 Å². The summed E-state index contributed by atoms with van der Waals surface area (Å²) in [6.07, 6.45) is 2.01. The highest BCUT2D eigenvalue weighted by Gasteiger charge is 2.48. The van der Waals surface area contributed by atoms with E-state index in [9.17, 15) is 9.69 Å². The van der Waals surface area contributed by atoms with E-state index >= 15 is 0 Å². The number of nitrogens with zero attached hydrogens (tertiary/aromatic N) is 4. The lowest BCUT2D eigenvalue weighted by molar-refractivity contribution is -0.0629. The molecule has 1 aliphatic rings. The molecule has 1 aliphatic heterocycles. The Bertz CT molecular complexity index is 956. The van der Waals surface area contributed by atoms with Gasteiger partial charge in [-0.1, -0.05) is 6.08 Å². The molecule has 5 atom stereocenters. The van der Waals surface area contributed by atoms with Crippen LogP contribution in [-0.4, -0.2) is 69.8 Å². The van der Waals surface area contributed by atoms with Crippen molar-refractivity contribution in [1.29, 1.82) is 0 Å². The number of allylic oxidation sites excluding steroid dienone is 1. The van der Waals surface area contributed by atoms with Gasteiger partial charge in [0.25, 0.3) is 5.56 Å². The molecule has 10 nitrogen and oxygen atoms in total. The van der Waals surface area contributed by atoms with Crippen molar-refractivity contribution in [3.05, 3.63) is 35.7 Å². The lowest BCUT2D eigenvalue weighted by Crippen LogP contribution is -2.37. The van der Waals surface area contributed by atoms with Crippen molar-refractivity contribution in [2.75, 3.05) is 27.5 Å². The first kappa shape index (κ1) is 21.3. The van der Waals surface area contributed by atoms with Crippen molar-refractivity contribution in [1.82, 2.24) is 19.1 Å². The average molecular weight is 430 g/mol. The molecule has 0 aromatic carbocycles. The molecular formula is C16H23N4O6PS. The minimum atomic E-state index is -2.99. The molecule has 12 heteroatoms. The SMILES string of the molecule is C=CCn1cnc2c(ncn2[C@@H]2O[C@H](COC)[C@@H](OP(C)(O)=S)[C@H]2OC)c1=O. The summed E-state index contributed by atoms with van der Waals surface area (Å²) in [7, 11) is 3.04. The molecule has 1 unspecified atom stereocenters. The topological polar surface area (TPSA) is 110 Å². The van der Waals surface area contributed by atoms with Crippen molar-refractivity contribution in [2.45, 2.75) is 31.1 Å². The fourth-order valence-electron chi connectivity index (χ4n) is 3.24. The predicted octanol–water partition coefficient (Wildman–Crippen LogP) is 0.655. The summed E-state index contributed by atoms with van der Waals surface area (Å²) in [4.78, 5) is 31.2. The summed E-state index contributed by atoms with van der Waals surface area (Å²) in [5.41, 5.74) is 0.281. The van der Waals surface area contributed by atoms with Crippen LogP contribution in [0.3, 0.4) is 0 Å². The van der Waals surface area contributed by atoms with E-state index in [1.54, 1.807) is 10.6 Å². The third kappa shape index (κ3) is 4.11. The van der Waals surface area contributed by atoms with Crippen LogP contribution < -0.4 is 5.56 Å². The quantitative estimate of drug-likeness (QED) is 0.477. The van der Waals surface area contributed by atoms with E-state index in [0.29, 0.717) is 12.2 Å². The summed E-state index contributed by atoms with van der Waals surface area (Å²) in [6, 6.07) is 0. The number of fused-ring (bicyclic) bond motifs is 1. The average Bonchev–Trinajstić information content (AvgIpc) is 3.18. The molecule has 2 aromatic heterocycles. The molecule has 28 heavy (non-hydrogen) atoms. The number of ether oxygens (including phenoxy) is 3. The second kappa shape index (κ2) is 8.50. The largest absolute Gasteiger partial charge is 0.382 e. The first-order valence-electron chi connectivity index (χ1n) is 8.49. The number of hydrogen-bond acceptors (Lipinski definition) is 8. The monoisotopic (exact) mass is 430 g/mol. The van der Waals surface area contributed by atoms with Crippen molar-refractivity contribution in [2.24, 2.45) is 0 Å². The van der Waals surface area contributed by atoms with Crippen LogP contribution in [0.15, 0.2) is 30.1 Å². The van der Waals surface area contributed by atoms with Crippen molar-refractivity contribution < 1.29 is 23.6 Å². The second-order valence-electron chi connectivity index (χ2n) is 6.41. The molecule has 3 rings (SSSR count). The fraction of sp³-hybridized carbons (Fsp3) is 0.562. The van der Waals surface area contributed by atoms with Gasteiger partial charge >= 0.3 is 0 Å². The van der Waals surface area contributed by atoms with E-state index in [0.717, 1.165) is 0 Å². The summed E-state index contributed by atoms with van der Waals surface area (Å²) >= 11 is 5.04. The summed E-state index contributed by atoms with van der Waals surface area (Å²) < 4.78 is 25.6. The Labute approximate surface area is 166 Å². The molecule has 154 valence electrons. The van der Waals surface area contributed by atoms with Crippen molar-refractivity contribution >= 4 is 29.5 Å². The lowest BCUT2D eigenvalue weighted by atomic mass is 10.1.